The number of rotatable bonds is 7. The fourth-order valence-corrected chi connectivity index (χ4v) is 3.42. The van der Waals surface area contributed by atoms with Gasteiger partial charge in [-0.1, -0.05) is 0 Å². The lowest BCUT2D eigenvalue weighted by molar-refractivity contribution is 0.215. The van der Waals surface area contributed by atoms with Crippen LogP contribution in [0.1, 0.15) is 30.5 Å². The molecular formula is C19H26IN7O2. The minimum atomic E-state index is 0. The maximum atomic E-state index is 5.67. The third-order valence-electron chi connectivity index (χ3n) is 4.84. The minimum Gasteiger partial charge on any atom is -0.468 e. The molecule has 0 aromatic carbocycles. The highest BCUT2D eigenvalue weighted by Crippen LogP contribution is 2.24. The molecule has 0 radical (unpaired) electrons. The summed E-state index contributed by atoms with van der Waals surface area (Å²) in [4.78, 5) is 11.2. The number of likely N-dealkylation sites (tertiary alicyclic amines) is 1. The average Bonchev–Trinajstić information content (AvgIpc) is 3.51. The smallest absolute Gasteiger partial charge is 0.216 e. The molecule has 4 heterocycles. The molecule has 29 heavy (non-hydrogen) atoms. The number of aliphatic imine (C=N–C) groups is 1. The van der Waals surface area contributed by atoms with E-state index in [9.17, 15) is 0 Å². The molecule has 0 spiro atoms. The van der Waals surface area contributed by atoms with Crippen molar-refractivity contribution >= 4 is 29.9 Å². The Labute approximate surface area is 186 Å². The molecule has 1 atom stereocenters. The number of guanidine groups is 1. The fourth-order valence-electron chi connectivity index (χ4n) is 3.42. The number of hydrogen-bond acceptors (Lipinski definition) is 6. The van der Waals surface area contributed by atoms with E-state index in [1.54, 1.807) is 19.6 Å². The molecule has 1 saturated heterocycles. The van der Waals surface area contributed by atoms with Gasteiger partial charge in [0.1, 0.15) is 11.6 Å². The van der Waals surface area contributed by atoms with Crippen LogP contribution in [0.25, 0.3) is 11.6 Å². The number of halogens is 1. The number of H-pyrrole nitrogens is 1. The van der Waals surface area contributed by atoms with E-state index < -0.39 is 0 Å². The number of aromatic amines is 1. The van der Waals surface area contributed by atoms with Crippen LogP contribution < -0.4 is 10.6 Å². The predicted molar refractivity (Wildman–Crippen MR) is 120 cm³/mol. The zero-order valence-electron chi connectivity index (χ0n) is 16.3. The summed E-state index contributed by atoms with van der Waals surface area (Å²) in [5, 5.41) is 13.7. The van der Waals surface area contributed by atoms with Crippen LogP contribution in [0.2, 0.25) is 0 Å². The molecule has 1 aliphatic rings. The van der Waals surface area contributed by atoms with Gasteiger partial charge in [0.25, 0.3) is 0 Å². The maximum Gasteiger partial charge on any atom is 0.216 e. The van der Waals surface area contributed by atoms with Gasteiger partial charge in [0.15, 0.2) is 11.7 Å². The van der Waals surface area contributed by atoms with E-state index in [4.69, 9.17) is 8.83 Å². The Hall–Kier alpha value is -2.34. The van der Waals surface area contributed by atoms with E-state index in [1.165, 1.54) is 12.8 Å². The van der Waals surface area contributed by atoms with Crippen LogP contribution in [-0.2, 0) is 6.54 Å². The number of hydrogen-bond donors (Lipinski definition) is 3. The Bertz CT molecular complexity index is 870. The Morgan fingerprint density at radius 3 is 2.69 bits per heavy atom. The molecule has 3 N–H and O–H groups in total. The molecule has 156 valence electrons. The zero-order valence-corrected chi connectivity index (χ0v) is 18.6. The summed E-state index contributed by atoms with van der Waals surface area (Å²) in [6, 6.07) is 7.79. The van der Waals surface area contributed by atoms with Gasteiger partial charge in [-0.2, -0.15) is 0 Å². The monoisotopic (exact) mass is 511 g/mol. The first kappa shape index (κ1) is 21.4. The van der Waals surface area contributed by atoms with Crippen molar-refractivity contribution in [1.82, 2.24) is 30.7 Å². The topological polar surface area (TPSA) is 108 Å². The van der Waals surface area contributed by atoms with Crippen LogP contribution in [-0.4, -0.2) is 52.7 Å². The summed E-state index contributed by atoms with van der Waals surface area (Å²) < 4.78 is 11.0. The van der Waals surface area contributed by atoms with Crippen LogP contribution in [0.3, 0.4) is 0 Å². The van der Waals surface area contributed by atoms with E-state index in [1.807, 2.05) is 24.3 Å². The van der Waals surface area contributed by atoms with Gasteiger partial charge in [0.2, 0.25) is 5.82 Å². The van der Waals surface area contributed by atoms with E-state index >= 15 is 0 Å². The third kappa shape index (κ3) is 5.38. The lowest BCUT2D eigenvalue weighted by Crippen LogP contribution is -2.42. The second-order valence-corrected chi connectivity index (χ2v) is 6.66. The number of nitrogens with zero attached hydrogens (tertiary/aromatic N) is 4. The summed E-state index contributed by atoms with van der Waals surface area (Å²) >= 11 is 0. The van der Waals surface area contributed by atoms with Gasteiger partial charge in [-0.15, -0.1) is 29.1 Å². The van der Waals surface area contributed by atoms with Crippen molar-refractivity contribution in [2.75, 3.05) is 26.7 Å². The molecule has 1 unspecified atom stereocenters. The fraction of sp³-hybridized carbons (Fsp3) is 0.421. The second kappa shape index (κ2) is 10.4. The Kier molecular flexibility index (Phi) is 7.69. The highest BCUT2D eigenvalue weighted by atomic mass is 127. The normalized spacial score (nSPS) is 15.8. The SMILES string of the molecule is CN=C(NCc1nc(-c2ccco2)n[nH]1)NCC(c1ccco1)N1CCCC1.I. The molecule has 3 aromatic heterocycles. The molecular weight excluding hydrogens is 485 g/mol. The predicted octanol–water partition coefficient (Wildman–Crippen LogP) is 2.78. The van der Waals surface area contributed by atoms with Gasteiger partial charge in [-0.25, -0.2) is 4.98 Å². The van der Waals surface area contributed by atoms with E-state index in [2.05, 4.69) is 35.7 Å². The summed E-state index contributed by atoms with van der Waals surface area (Å²) in [6.07, 6.45) is 5.79. The van der Waals surface area contributed by atoms with Crippen LogP contribution in [0.4, 0.5) is 0 Å². The summed E-state index contributed by atoms with van der Waals surface area (Å²) in [6.45, 7) is 3.36. The lowest BCUT2D eigenvalue weighted by atomic mass is 10.2. The van der Waals surface area contributed by atoms with Crippen molar-refractivity contribution in [3.8, 4) is 11.6 Å². The number of nitrogens with one attached hydrogen (secondary N) is 3. The van der Waals surface area contributed by atoms with Crippen LogP contribution in [0.15, 0.2) is 50.6 Å². The van der Waals surface area contributed by atoms with Gasteiger partial charge < -0.3 is 19.5 Å². The second-order valence-electron chi connectivity index (χ2n) is 6.66. The van der Waals surface area contributed by atoms with Crippen molar-refractivity contribution in [3.05, 3.63) is 48.4 Å². The standard InChI is InChI=1S/C19H25N7O2.HI/c1-20-19(22-13-17-23-18(25-24-17)16-7-5-11-28-16)21-12-14(15-6-4-10-27-15)26-8-2-3-9-26;/h4-7,10-11,14H,2-3,8-9,12-13H2,1H3,(H2,20,21,22)(H,23,24,25);1H. The number of furan rings is 2. The first-order valence-corrected chi connectivity index (χ1v) is 9.50. The van der Waals surface area contributed by atoms with Gasteiger partial charge in [-0.05, 0) is 50.2 Å². The molecule has 10 heteroatoms. The molecule has 0 aliphatic carbocycles. The van der Waals surface area contributed by atoms with Crippen molar-refractivity contribution in [2.24, 2.45) is 4.99 Å². The molecule has 1 aliphatic heterocycles. The lowest BCUT2D eigenvalue weighted by Gasteiger charge is -2.26. The first-order valence-electron chi connectivity index (χ1n) is 9.50. The Morgan fingerprint density at radius 1 is 1.21 bits per heavy atom. The largest absolute Gasteiger partial charge is 0.468 e. The van der Waals surface area contributed by atoms with Gasteiger partial charge >= 0.3 is 0 Å². The van der Waals surface area contributed by atoms with Gasteiger partial charge in [-0.3, -0.25) is 15.0 Å². The molecule has 3 aromatic rings. The van der Waals surface area contributed by atoms with Gasteiger partial charge in [0, 0.05) is 13.6 Å². The van der Waals surface area contributed by atoms with Crippen molar-refractivity contribution in [3.63, 3.8) is 0 Å². The van der Waals surface area contributed by atoms with Crippen molar-refractivity contribution in [1.29, 1.82) is 0 Å². The van der Waals surface area contributed by atoms with Crippen LogP contribution in [0, 0.1) is 0 Å². The summed E-state index contributed by atoms with van der Waals surface area (Å²) in [5.41, 5.74) is 0. The Morgan fingerprint density at radius 2 is 2.00 bits per heavy atom. The molecule has 0 bridgehead atoms. The van der Waals surface area contributed by atoms with Crippen molar-refractivity contribution in [2.45, 2.75) is 25.4 Å². The molecule has 1 fully saturated rings. The highest BCUT2D eigenvalue weighted by Gasteiger charge is 2.25. The van der Waals surface area contributed by atoms with E-state index in [-0.39, 0.29) is 30.0 Å². The average molecular weight is 511 g/mol. The van der Waals surface area contributed by atoms with Crippen LogP contribution >= 0.6 is 24.0 Å². The minimum absolute atomic E-state index is 0. The van der Waals surface area contributed by atoms with Gasteiger partial charge in [0.05, 0.1) is 25.1 Å². The maximum absolute atomic E-state index is 5.67. The Balaban J connectivity index is 0.00000240. The molecule has 9 nitrogen and oxygen atoms in total. The summed E-state index contributed by atoms with van der Waals surface area (Å²) in [5.74, 6) is 3.56. The van der Waals surface area contributed by atoms with E-state index in [0.29, 0.717) is 36.5 Å². The molecule has 4 rings (SSSR count). The highest BCUT2D eigenvalue weighted by molar-refractivity contribution is 14.0. The molecule has 0 saturated carbocycles. The summed E-state index contributed by atoms with van der Waals surface area (Å²) in [7, 11) is 1.75. The van der Waals surface area contributed by atoms with Crippen LogP contribution in [0.5, 0.6) is 0 Å². The third-order valence-corrected chi connectivity index (χ3v) is 4.84. The van der Waals surface area contributed by atoms with E-state index in [0.717, 1.165) is 18.8 Å². The molecule has 0 amide bonds. The number of aromatic nitrogens is 3. The quantitative estimate of drug-likeness (QED) is 0.255. The zero-order chi connectivity index (χ0) is 19.2. The van der Waals surface area contributed by atoms with Crippen molar-refractivity contribution < 1.29 is 8.83 Å². The first-order chi connectivity index (χ1) is 13.8.